The molecule has 7 heteroatoms. The molecule has 1 unspecified atom stereocenters. The summed E-state index contributed by atoms with van der Waals surface area (Å²) in [4.78, 5) is 4.73. The van der Waals surface area contributed by atoms with E-state index in [1.807, 2.05) is 13.0 Å². The van der Waals surface area contributed by atoms with Crippen LogP contribution in [0.2, 0.25) is 0 Å². The Balaban J connectivity index is 1.65. The van der Waals surface area contributed by atoms with Gasteiger partial charge in [0, 0.05) is 24.6 Å². The van der Waals surface area contributed by atoms with Gasteiger partial charge in [0.2, 0.25) is 0 Å². The number of aliphatic imine (C=N–C) groups is 1. The zero-order chi connectivity index (χ0) is 20.6. The first-order valence-electron chi connectivity index (χ1n) is 10.4. The van der Waals surface area contributed by atoms with Gasteiger partial charge in [-0.15, -0.1) is 0 Å². The van der Waals surface area contributed by atoms with Gasteiger partial charge in [-0.1, -0.05) is 31.1 Å². The van der Waals surface area contributed by atoms with Crippen molar-refractivity contribution in [3.8, 4) is 5.75 Å². The van der Waals surface area contributed by atoms with Crippen LogP contribution >= 0.6 is 0 Å². The summed E-state index contributed by atoms with van der Waals surface area (Å²) in [5.74, 6) is 2.75. The van der Waals surface area contributed by atoms with Crippen LogP contribution in [0.5, 0.6) is 5.75 Å². The van der Waals surface area contributed by atoms with Gasteiger partial charge in [0.25, 0.3) is 0 Å². The summed E-state index contributed by atoms with van der Waals surface area (Å²) in [6.07, 6.45) is 1.05. The lowest BCUT2D eigenvalue weighted by atomic mass is 10.1. The molecule has 0 aliphatic carbocycles. The molecular weight excluding hydrogens is 368 g/mol. The smallest absolute Gasteiger partial charge is 0.191 e. The second-order valence-corrected chi connectivity index (χ2v) is 7.64. The lowest BCUT2D eigenvalue weighted by Gasteiger charge is -2.16. The number of hydrogen-bond acceptors (Lipinski definition) is 5. The fraction of sp³-hybridized carbons (Fsp3) is 0.545. The number of nitrogens with one attached hydrogen (secondary N) is 2. The zero-order valence-corrected chi connectivity index (χ0v) is 17.8. The highest BCUT2D eigenvalue weighted by molar-refractivity contribution is 5.79. The van der Waals surface area contributed by atoms with E-state index in [-0.39, 0.29) is 6.10 Å². The quantitative estimate of drug-likeness (QED) is 0.521. The van der Waals surface area contributed by atoms with E-state index in [0.717, 1.165) is 48.3 Å². The molecule has 2 aromatic rings. The first kappa shape index (κ1) is 21.2. The molecule has 1 saturated heterocycles. The molecule has 7 nitrogen and oxygen atoms in total. The van der Waals surface area contributed by atoms with Crippen LogP contribution in [0, 0.1) is 6.92 Å². The van der Waals surface area contributed by atoms with Crippen LogP contribution in [-0.4, -0.2) is 37.0 Å². The molecule has 1 aromatic carbocycles. The predicted molar refractivity (Wildman–Crippen MR) is 113 cm³/mol. The van der Waals surface area contributed by atoms with Crippen molar-refractivity contribution in [3.05, 3.63) is 46.8 Å². The van der Waals surface area contributed by atoms with Crippen LogP contribution in [-0.2, 0) is 17.8 Å². The molecule has 1 aromatic heterocycles. The van der Waals surface area contributed by atoms with E-state index >= 15 is 0 Å². The molecule has 29 heavy (non-hydrogen) atoms. The van der Waals surface area contributed by atoms with Crippen LogP contribution < -0.4 is 15.4 Å². The first-order chi connectivity index (χ1) is 14.0. The number of benzene rings is 1. The van der Waals surface area contributed by atoms with Gasteiger partial charge in [-0.3, -0.25) is 0 Å². The maximum Gasteiger partial charge on any atom is 0.191 e. The van der Waals surface area contributed by atoms with E-state index in [9.17, 15) is 0 Å². The fourth-order valence-electron chi connectivity index (χ4n) is 3.05. The summed E-state index contributed by atoms with van der Waals surface area (Å²) in [6.45, 7) is 11.5. The Kier molecular flexibility index (Phi) is 7.52. The van der Waals surface area contributed by atoms with Gasteiger partial charge in [-0.05, 0) is 31.4 Å². The number of aryl methyl sites for hydroxylation is 1. The molecule has 0 amide bonds. The Morgan fingerprint density at radius 3 is 2.86 bits per heavy atom. The van der Waals surface area contributed by atoms with Crippen molar-refractivity contribution >= 4 is 5.96 Å². The minimum absolute atomic E-state index is 0.118. The average molecular weight is 401 g/mol. The first-order valence-corrected chi connectivity index (χ1v) is 10.4. The standard InChI is InChI=1S/C22H32N4O3/c1-5-23-22(25-13-19-11-20(15(2)3)26-29-19)24-12-17-7-6-16(4)10-21(17)28-18-8-9-27-14-18/h6-7,10-11,15,18H,5,8-9,12-14H2,1-4H3,(H2,23,24,25). The van der Waals surface area contributed by atoms with Crippen LogP contribution in [0.1, 0.15) is 55.7 Å². The highest BCUT2D eigenvalue weighted by Crippen LogP contribution is 2.24. The molecule has 158 valence electrons. The average Bonchev–Trinajstić information content (AvgIpc) is 3.37. The minimum atomic E-state index is 0.118. The largest absolute Gasteiger partial charge is 0.488 e. The number of guanidine groups is 1. The molecule has 0 spiro atoms. The van der Waals surface area contributed by atoms with Crippen LogP contribution in [0.15, 0.2) is 33.8 Å². The Labute approximate surface area is 172 Å². The third-order valence-corrected chi connectivity index (χ3v) is 4.75. The summed E-state index contributed by atoms with van der Waals surface area (Å²) in [5.41, 5.74) is 3.19. The Bertz CT molecular complexity index is 810. The predicted octanol–water partition coefficient (Wildman–Crippen LogP) is 3.53. The van der Waals surface area contributed by atoms with Crippen molar-refractivity contribution in [1.82, 2.24) is 15.8 Å². The molecule has 0 saturated carbocycles. The highest BCUT2D eigenvalue weighted by Gasteiger charge is 2.18. The summed E-state index contributed by atoms with van der Waals surface area (Å²) in [5, 5.41) is 10.7. The topological polar surface area (TPSA) is 80.9 Å². The summed E-state index contributed by atoms with van der Waals surface area (Å²) in [7, 11) is 0. The van der Waals surface area contributed by atoms with E-state index in [1.165, 1.54) is 5.56 Å². The van der Waals surface area contributed by atoms with Gasteiger partial charge in [0.05, 0.1) is 32.0 Å². The number of hydrogen-bond donors (Lipinski definition) is 2. The minimum Gasteiger partial charge on any atom is -0.488 e. The third kappa shape index (κ3) is 6.22. The number of ether oxygens (including phenoxy) is 2. The van der Waals surface area contributed by atoms with Crippen molar-refractivity contribution in [2.24, 2.45) is 4.99 Å². The van der Waals surface area contributed by atoms with Crippen molar-refractivity contribution in [3.63, 3.8) is 0 Å². The number of aromatic nitrogens is 1. The lowest BCUT2D eigenvalue weighted by Crippen LogP contribution is -2.36. The van der Waals surface area contributed by atoms with Crippen molar-refractivity contribution < 1.29 is 14.0 Å². The molecule has 1 atom stereocenters. The molecule has 1 aliphatic heterocycles. The molecule has 1 aliphatic rings. The van der Waals surface area contributed by atoms with E-state index in [1.54, 1.807) is 0 Å². The summed E-state index contributed by atoms with van der Waals surface area (Å²) in [6, 6.07) is 8.23. The van der Waals surface area contributed by atoms with Crippen molar-refractivity contribution in [2.75, 3.05) is 19.8 Å². The van der Waals surface area contributed by atoms with E-state index in [4.69, 9.17) is 19.0 Å². The Hall–Kier alpha value is -2.54. The van der Waals surface area contributed by atoms with E-state index < -0.39 is 0 Å². The second kappa shape index (κ2) is 10.3. The van der Waals surface area contributed by atoms with E-state index in [0.29, 0.717) is 25.6 Å². The van der Waals surface area contributed by atoms with Gasteiger partial charge in [0.15, 0.2) is 11.7 Å². The number of nitrogens with zero attached hydrogens (tertiary/aromatic N) is 2. The second-order valence-electron chi connectivity index (χ2n) is 7.64. The maximum absolute atomic E-state index is 6.18. The normalized spacial score (nSPS) is 17.0. The van der Waals surface area contributed by atoms with Gasteiger partial charge in [-0.2, -0.15) is 0 Å². The summed E-state index contributed by atoms with van der Waals surface area (Å²) >= 11 is 0. The molecular formula is C22H32N4O3. The van der Waals surface area contributed by atoms with Gasteiger partial charge in [0.1, 0.15) is 11.9 Å². The fourth-order valence-corrected chi connectivity index (χ4v) is 3.05. The van der Waals surface area contributed by atoms with Crippen LogP contribution in [0.25, 0.3) is 0 Å². The van der Waals surface area contributed by atoms with Gasteiger partial charge >= 0.3 is 0 Å². The molecule has 1 fully saturated rings. The molecule has 2 heterocycles. The molecule has 3 rings (SSSR count). The molecule has 0 radical (unpaired) electrons. The number of rotatable bonds is 8. The van der Waals surface area contributed by atoms with E-state index in [2.05, 4.69) is 54.8 Å². The monoisotopic (exact) mass is 400 g/mol. The van der Waals surface area contributed by atoms with Crippen molar-refractivity contribution in [2.45, 2.75) is 59.2 Å². The van der Waals surface area contributed by atoms with Gasteiger partial charge < -0.3 is 24.6 Å². The SMILES string of the molecule is CCNC(=NCc1ccc(C)cc1OC1CCOC1)NCc1cc(C(C)C)no1. The molecule has 0 bridgehead atoms. The maximum atomic E-state index is 6.18. The highest BCUT2D eigenvalue weighted by atomic mass is 16.5. The molecule has 2 N–H and O–H groups in total. The van der Waals surface area contributed by atoms with Crippen LogP contribution in [0.4, 0.5) is 0 Å². The van der Waals surface area contributed by atoms with Crippen LogP contribution in [0.3, 0.4) is 0 Å². The van der Waals surface area contributed by atoms with Crippen molar-refractivity contribution in [1.29, 1.82) is 0 Å². The Morgan fingerprint density at radius 2 is 2.17 bits per heavy atom. The third-order valence-electron chi connectivity index (χ3n) is 4.75. The van der Waals surface area contributed by atoms with Gasteiger partial charge in [-0.25, -0.2) is 4.99 Å². The Morgan fingerprint density at radius 1 is 1.31 bits per heavy atom. The summed E-state index contributed by atoms with van der Waals surface area (Å²) < 4.78 is 17.0. The zero-order valence-electron chi connectivity index (χ0n) is 17.8. The lowest BCUT2D eigenvalue weighted by molar-refractivity contribution is 0.140.